The van der Waals surface area contributed by atoms with E-state index in [2.05, 4.69) is 10.2 Å². The van der Waals surface area contributed by atoms with Gasteiger partial charge in [0.25, 0.3) is 0 Å². The maximum absolute atomic E-state index is 10.6. The number of ether oxygens (including phenoxy) is 2. The Kier molecular flexibility index (Phi) is 7.11. The summed E-state index contributed by atoms with van der Waals surface area (Å²) in [5, 5.41) is 29.5. The van der Waals surface area contributed by atoms with Crippen molar-refractivity contribution >= 4 is 11.4 Å². The minimum atomic E-state index is -0.400. The molecule has 0 bridgehead atoms. The Morgan fingerprint density at radius 3 is 2.07 bits per heavy atom. The van der Waals surface area contributed by atoms with Crippen LogP contribution in [0.25, 0.3) is 0 Å². The lowest BCUT2D eigenvalue weighted by Crippen LogP contribution is -2.22. The molecule has 0 radical (unpaired) electrons. The Hall–Kier alpha value is -2.86. The Morgan fingerprint density at radius 1 is 1.00 bits per heavy atom. The van der Waals surface area contributed by atoms with Crippen molar-refractivity contribution < 1.29 is 19.3 Å². The number of hydrogen-bond donors (Lipinski definition) is 0. The molecule has 0 amide bonds. The van der Waals surface area contributed by atoms with E-state index in [1.807, 2.05) is 0 Å². The lowest BCUT2D eigenvalue weighted by molar-refractivity contribution is -0.385. The smallest absolute Gasteiger partial charge is 0.309 e. The quantitative estimate of drug-likeness (QED) is 0.541. The highest BCUT2D eigenvalue weighted by Gasteiger charge is 2.24. The van der Waals surface area contributed by atoms with Gasteiger partial charge in [-0.2, -0.15) is 10.2 Å². The third kappa shape index (κ3) is 5.00. The van der Waals surface area contributed by atoms with E-state index in [1.165, 1.54) is 12.4 Å². The highest BCUT2D eigenvalue weighted by Crippen LogP contribution is 2.25. The zero-order chi connectivity index (χ0) is 21.7. The second-order valence-corrected chi connectivity index (χ2v) is 7.40. The van der Waals surface area contributed by atoms with Gasteiger partial charge in [0.05, 0.1) is 35.1 Å². The molecule has 2 aromatic heterocycles. The van der Waals surface area contributed by atoms with Crippen molar-refractivity contribution in [3.8, 4) is 0 Å². The predicted octanol–water partition coefficient (Wildman–Crippen LogP) is 2.90. The molecule has 0 aliphatic carbocycles. The predicted molar refractivity (Wildman–Crippen MR) is 105 cm³/mol. The summed E-state index contributed by atoms with van der Waals surface area (Å²) >= 11 is 0. The minimum Gasteiger partial charge on any atom is -0.379 e. The molecule has 4 rings (SSSR count). The van der Waals surface area contributed by atoms with Crippen LogP contribution in [0.4, 0.5) is 11.4 Å². The molecule has 2 unspecified atom stereocenters. The van der Waals surface area contributed by atoms with E-state index in [0.29, 0.717) is 24.6 Å². The highest BCUT2D eigenvalue weighted by atomic mass is 16.6. The standard InChI is InChI=1S/2C9H13N3O3/c1-7-9(12(13)14)5-11(10-7)8-3-2-4-15-6-8;1-7-9(12(13)14)5-10-11(7)8-3-2-4-15-6-8/h2*5,8H,2-4,6H2,1H3. The number of nitro groups is 2. The fourth-order valence-corrected chi connectivity index (χ4v) is 3.65. The van der Waals surface area contributed by atoms with Gasteiger partial charge in [0.2, 0.25) is 0 Å². The van der Waals surface area contributed by atoms with E-state index >= 15 is 0 Å². The van der Waals surface area contributed by atoms with Crippen LogP contribution in [0.15, 0.2) is 12.4 Å². The zero-order valence-corrected chi connectivity index (χ0v) is 17.1. The van der Waals surface area contributed by atoms with Gasteiger partial charge in [0, 0.05) is 13.2 Å². The summed E-state index contributed by atoms with van der Waals surface area (Å²) in [4.78, 5) is 20.5. The van der Waals surface area contributed by atoms with Crippen LogP contribution in [0.2, 0.25) is 0 Å². The Bertz CT molecular complexity index is 870. The molecule has 0 spiro atoms. The average molecular weight is 422 g/mol. The van der Waals surface area contributed by atoms with Crippen LogP contribution in [0, 0.1) is 34.1 Å². The van der Waals surface area contributed by atoms with Crippen molar-refractivity contribution in [2.75, 3.05) is 26.4 Å². The van der Waals surface area contributed by atoms with Gasteiger partial charge in [-0.1, -0.05) is 0 Å². The third-order valence-electron chi connectivity index (χ3n) is 5.30. The second kappa shape index (κ2) is 9.76. The molecule has 2 atom stereocenters. The zero-order valence-electron chi connectivity index (χ0n) is 17.1. The van der Waals surface area contributed by atoms with Gasteiger partial charge in [0.15, 0.2) is 0 Å². The van der Waals surface area contributed by atoms with Gasteiger partial charge in [-0.25, -0.2) is 0 Å². The average Bonchev–Trinajstić information content (AvgIpc) is 3.33. The van der Waals surface area contributed by atoms with Crippen LogP contribution >= 0.6 is 0 Å². The van der Waals surface area contributed by atoms with Crippen LogP contribution in [0.1, 0.15) is 49.2 Å². The van der Waals surface area contributed by atoms with Gasteiger partial charge in [0.1, 0.15) is 23.8 Å². The Labute approximate surface area is 173 Å². The number of nitrogens with zero attached hydrogens (tertiary/aromatic N) is 6. The van der Waals surface area contributed by atoms with E-state index in [-0.39, 0.29) is 23.5 Å². The summed E-state index contributed by atoms with van der Waals surface area (Å²) < 4.78 is 14.0. The van der Waals surface area contributed by atoms with Crippen LogP contribution in [0.5, 0.6) is 0 Å². The molecule has 2 fully saturated rings. The van der Waals surface area contributed by atoms with E-state index < -0.39 is 9.85 Å². The molecule has 4 heterocycles. The van der Waals surface area contributed by atoms with E-state index in [9.17, 15) is 20.2 Å². The fraction of sp³-hybridized carbons (Fsp3) is 0.667. The molecule has 164 valence electrons. The van der Waals surface area contributed by atoms with E-state index in [0.717, 1.165) is 38.9 Å². The Balaban J connectivity index is 0.000000171. The van der Waals surface area contributed by atoms with Crippen molar-refractivity contribution in [2.24, 2.45) is 0 Å². The summed E-state index contributed by atoms with van der Waals surface area (Å²) in [6.07, 6.45) is 6.71. The van der Waals surface area contributed by atoms with Gasteiger partial charge in [-0.3, -0.25) is 29.6 Å². The summed E-state index contributed by atoms with van der Waals surface area (Å²) in [5.41, 5.74) is 1.24. The minimum absolute atomic E-state index is 0.0839. The van der Waals surface area contributed by atoms with Gasteiger partial charge in [-0.05, 0) is 39.5 Å². The monoisotopic (exact) mass is 422 g/mol. The summed E-state index contributed by atoms with van der Waals surface area (Å²) in [5.74, 6) is 0. The fourth-order valence-electron chi connectivity index (χ4n) is 3.65. The molecular weight excluding hydrogens is 396 g/mol. The first-order valence-electron chi connectivity index (χ1n) is 9.92. The van der Waals surface area contributed by atoms with Crippen LogP contribution < -0.4 is 0 Å². The molecule has 2 saturated heterocycles. The van der Waals surface area contributed by atoms with Crippen LogP contribution in [-0.4, -0.2) is 55.8 Å². The molecule has 12 heteroatoms. The van der Waals surface area contributed by atoms with E-state index in [4.69, 9.17) is 9.47 Å². The van der Waals surface area contributed by atoms with Crippen molar-refractivity contribution in [2.45, 2.75) is 51.6 Å². The lowest BCUT2D eigenvalue weighted by atomic mass is 10.1. The SMILES string of the molecule is Cc1c([N+](=O)[O-])cnn1C1CCCOC1.Cc1nn(C2CCCOC2)cc1[N+](=O)[O-]. The molecule has 0 N–H and O–H groups in total. The Morgan fingerprint density at radius 2 is 1.60 bits per heavy atom. The summed E-state index contributed by atoms with van der Waals surface area (Å²) in [6.45, 7) is 6.12. The molecular formula is C18H26N6O6. The molecule has 0 aromatic carbocycles. The number of aryl methyl sites for hydroxylation is 1. The highest BCUT2D eigenvalue weighted by molar-refractivity contribution is 5.32. The van der Waals surface area contributed by atoms with Crippen molar-refractivity contribution in [1.82, 2.24) is 19.6 Å². The summed E-state index contributed by atoms with van der Waals surface area (Å²) in [6, 6.07) is 0.290. The summed E-state index contributed by atoms with van der Waals surface area (Å²) in [7, 11) is 0. The molecule has 30 heavy (non-hydrogen) atoms. The first-order chi connectivity index (χ1) is 14.4. The third-order valence-corrected chi connectivity index (χ3v) is 5.30. The molecule has 2 aliphatic rings. The topological polar surface area (TPSA) is 140 Å². The van der Waals surface area contributed by atoms with E-state index in [1.54, 1.807) is 23.2 Å². The van der Waals surface area contributed by atoms with Crippen LogP contribution in [-0.2, 0) is 9.47 Å². The first kappa shape index (κ1) is 21.8. The number of hydrogen-bond acceptors (Lipinski definition) is 8. The van der Waals surface area contributed by atoms with Gasteiger partial charge >= 0.3 is 11.4 Å². The van der Waals surface area contributed by atoms with Crippen molar-refractivity contribution in [3.05, 3.63) is 44.0 Å². The lowest BCUT2D eigenvalue weighted by Gasteiger charge is -2.23. The molecule has 2 aliphatic heterocycles. The largest absolute Gasteiger partial charge is 0.379 e. The first-order valence-corrected chi connectivity index (χ1v) is 9.92. The number of aromatic nitrogens is 4. The van der Waals surface area contributed by atoms with Gasteiger partial charge < -0.3 is 9.47 Å². The maximum Gasteiger partial charge on any atom is 0.309 e. The maximum atomic E-state index is 10.6. The molecule has 0 saturated carbocycles. The number of rotatable bonds is 4. The molecule has 2 aromatic rings. The normalized spacial score (nSPS) is 21.5. The molecule has 12 nitrogen and oxygen atoms in total. The van der Waals surface area contributed by atoms with Gasteiger partial charge in [-0.15, -0.1) is 0 Å². The van der Waals surface area contributed by atoms with Crippen molar-refractivity contribution in [1.29, 1.82) is 0 Å². The second-order valence-electron chi connectivity index (χ2n) is 7.40. The van der Waals surface area contributed by atoms with Crippen LogP contribution in [0.3, 0.4) is 0 Å². The van der Waals surface area contributed by atoms with Crippen molar-refractivity contribution in [3.63, 3.8) is 0 Å².